The van der Waals surface area contributed by atoms with Crippen molar-refractivity contribution >= 4 is 49.3 Å². The predicted octanol–water partition coefficient (Wildman–Crippen LogP) is 4.01. The number of thiophene rings is 1. The third kappa shape index (κ3) is 5.38. The van der Waals surface area contributed by atoms with Gasteiger partial charge in [-0.2, -0.15) is 0 Å². The molecule has 2 aromatic heterocycles. The van der Waals surface area contributed by atoms with Gasteiger partial charge >= 0.3 is 0 Å². The lowest BCUT2D eigenvalue weighted by molar-refractivity contribution is -0.118. The van der Waals surface area contributed by atoms with Crippen LogP contribution in [0.4, 0.5) is 4.39 Å². The Bertz CT molecular complexity index is 1270. The average Bonchev–Trinajstić information content (AvgIpc) is 3.25. The summed E-state index contributed by atoms with van der Waals surface area (Å²) in [5.74, 6) is -0.0305. The van der Waals surface area contributed by atoms with Crippen LogP contribution in [0.25, 0.3) is 20.3 Å². The second-order valence-electron chi connectivity index (χ2n) is 8.31. The highest BCUT2D eigenvalue weighted by Crippen LogP contribution is 2.38. The van der Waals surface area contributed by atoms with Gasteiger partial charge in [0.25, 0.3) is 0 Å². The molecule has 0 atom stereocenters. The summed E-state index contributed by atoms with van der Waals surface area (Å²) in [5.41, 5.74) is 1.96. The minimum Gasteiger partial charge on any atom is -0.354 e. The highest BCUT2D eigenvalue weighted by Gasteiger charge is 2.18. The van der Waals surface area contributed by atoms with E-state index < -0.39 is 0 Å². The highest BCUT2D eigenvalue weighted by atomic mass is 32.2. The first-order valence-corrected chi connectivity index (χ1v) is 13.2. The first kappa shape index (κ1) is 23.2. The van der Waals surface area contributed by atoms with Crippen LogP contribution in [-0.2, 0) is 11.3 Å². The van der Waals surface area contributed by atoms with Crippen molar-refractivity contribution in [3.8, 4) is 0 Å². The number of hydrogen-bond donors (Lipinski definition) is 1. The van der Waals surface area contributed by atoms with Crippen molar-refractivity contribution in [3.63, 3.8) is 0 Å². The highest BCUT2D eigenvalue weighted by molar-refractivity contribution is 8.00. The number of rotatable bonds is 8. The van der Waals surface area contributed by atoms with Gasteiger partial charge in [0.1, 0.15) is 17.2 Å². The maximum absolute atomic E-state index is 14.3. The van der Waals surface area contributed by atoms with Crippen LogP contribution in [0, 0.1) is 5.82 Å². The molecular formula is C25H26FN5OS2. The van der Waals surface area contributed by atoms with Crippen LogP contribution >= 0.6 is 23.1 Å². The van der Waals surface area contributed by atoms with E-state index in [1.54, 1.807) is 6.07 Å². The Labute approximate surface area is 206 Å². The third-order valence-electron chi connectivity index (χ3n) is 6.00. The number of carbonyl (C=O) groups is 1. The number of piperazine rings is 1. The summed E-state index contributed by atoms with van der Waals surface area (Å²) in [7, 11) is 0. The number of nitrogens with one attached hydrogen (secondary N) is 1. The maximum atomic E-state index is 14.3. The molecule has 1 saturated heterocycles. The van der Waals surface area contributed by atoms with Crippen LogP contribution in [-0.4, -0.2) is 70.7 Å². The van der Waals surface area contributed by atoms with Crippen molar-refractivity contribution in [1.82, 2.24) is 25.1 Å². The van der Waals surface area contributed by atoms with Gasteiger partial charge in [-0.3, -0.25) is 14.6 Å². The standard InChI is InChI=1S/C25H26FN5OS2/c26-19-7-4-8-20-22(19)23-24(34-20)25(29-17-28-23)33-16-21(32)27-9-10-30-11-13-31(14-12-30)15-18-5-2-1-3-6-18/h1-8,17H,9-16H2,(H,27,32). The van der Waals surface area contributed by atoms with Gasteiger partial charge in [0.15, 0.2) is 0 Å². The Hall–Kier alpha value is -2.59. The quantitative estimate of drug-likeness (QED) is 0.294. The summed E-state index contributed by atoms with van der Waals surface area (Å²) in [6.07, 6.45) is 1.44. The minimum absolute atomic E-state index is 0.0215. The average molecular weight is 496 g/mol. The summed E-state index contributed by atoms with van der Waals surface area (Å²) in [6, 6.07) is 15.6. The molecule has 3 heterocycles. The topological polar surface area (TPSA) is 61.4 Å². The summed E-state index contributed by atoms with van der Waals surface area (Å²) in [6.45, 7) is 6.58. The number of aromatic nitrogens is 2. The van der Waals surface area contributed by atoms with Crippen molar-refractivity contribution in [3.05, 3.63) is 66.2 Å². The van der Waals surface area contributed by atoms with Crippen LogP contribution < -0.4 is 5.32 Å². The number of benzene rings is 2. The van der Waals surface area contributed by atoms with Gasteiger partial charge in [-0.25, -0.2) is 14.4 Å². The Morgan fingerprint density at radius 3 is 2.65 bits per heavy atom. The number of thioether (sulfide) groups is 1. The largest absolute Gasteiger partial charge is 0.354 e. The predicted molar refractivity (Wildman–Crippen MR) is 137 cm³/mol. The lowest BCUT2D eigenvalue weighted by atomic mass is 10.2. The summed E-state index contributed by atoms with van der Waals surface area (Å²) in [4.78, 5) is 25.9. The molecule has 1 amide bonds. The monoisotopic (exact) mass is 495 g/mol. The number of hydrogen-bond acceptors (Lipinski definition) is 7. The van der Waals surface area contributed by atoms with E-state index in [0.717, 1.165) is 53.7 Å². The molecule has 2 aromatic carbocycles. The maximum Gasteiger partial charge on any atom is 0.230 e. The summed E-state index contributed by atoms with van der Waals surface area (Å²) >= 11 is 2.83. The zero-order valence-corrected chi connectivity index (χ0v) is 20.4. The Balaban J connectivity index is 1.07. The van der Waals surface area contributed by atoms with Crippen molar-refractivity contribution in [1.29, 1.82) is 0 Å². The lowest BCUT2D eigenvalue weighted by Crippen LogP contribution is -2.48. The SMILES string of the molecule is O=C(CSc1ncnc2c1sc1cccc(F)c12)NCCN1CCN(Cc2ccccc2)CC1. The molecule has 176 valence electrons. The molecule has 0 saturated carbocycles. The van der Waals surface area contributed by atoms with Gasteiger partial charge in [-0.05, 0) is 17.7 Å². The van der Waals surface area contributed by atoms with E-state index in [1.807, 2.05) is 12.1 Å². The molecule has 0 bridgehead atoms. The third-order valence-corrected chi connectivity index (χ3v) is 8.27. The molecular weight excluding hydrogens is 469 g/mol. The van der Waals surface area contributed by atoms with Crippen molar-refractivity contribution in [2.75, 3.05) is 45.0 Å². The number of carbonyl (C=O) groups excluding carboxylic acids is 1. The summed E-state index contributed by atoms with van der Waals surface area (Å²) < 4.78 is 15.9. The molecule has 1 N–H and O–H groups in total. The van der Waals surface area contributed by atoms with E-state index in [-0.39, 0.29) is 17.5 Å². The molecule has 0 unspecified atom stereocenters. The van der Waals surface area contributed by atoms with Crippen LogP contribution in [0.1, 0.15) is 5.56 Å². The van der Waals surface area contributed by atoms with Crippen LogP contribution in [0.5, 0.6) is 0 Å². The molecule has 9 heteroatoms. The molecule has 4 aromatic rings. The summed E-state index contributed by atoms with van der Waals surface area (Å²) in [5, 5.41) is 4.27. The lowest BCUT2D eigenvalue weighted by Gasteiger charge is -2.34. The number of amides is 1. The van der Waals surface area contributed by atoms with Gasteiger partial charge < -0.3 is 5.32 Å². The Kier molecular flexibility index (Phi) is 7.34. The van der Waals surface area contributed by atoms with Crippen molar-refractivity contribution in [2.45, 2.75) is 11.6 Å². The second kappa shape index (κ2) is 10.8. The van der Waals surface area contributed by atoms with E-state index in [4.69, 9.17) is 0 Å². The molecule has 1 aliphatic heterocycles. The molecule has 1 aliphatic rings. The minimum atomic E-state index is -0.281. The fourth-order valence-corrected chi connectivity index (χ4v) is 6.29. The van der Waals surface area contributed by atoms with Crippen molar-refractivity contribution in [2.24, 2.45) is 0 Å². The van der Waals surface area contributed by atoms with Crippen LogP contribution in [0.15, 0.2) is 59.9 Å². The van der Waals surface area contributed by atoms with Gasteiger partial charge in [0.2, 0.25) is 5.91 Å². The molecule has 0 spiro atoms. The Morgan fingerprint density at radius 2 is 1.82 bits per heavy atom. The molecule has 1 fully saturated rings. The van der Waals surface area contributed by atoms with Gasteiger partial charge in [0, 0.05) is 50.5 Å². The van der Waals surface area contributed by atoms with Gasteiger partial charge in [-0.15, -0.1) is 11.3 Å². The first-order valence-electron chi connectivity index (χ1n) is 11.4. The molecule has 34 heavy (non-hydrogen) atoms. The van der Waals surface area contributed by atoms with E-state index >= 15 is 0 Å². The normalized spacial score (nSPS) is 15.2. The molecule has 0 radical (unpaired) electrons. The molecule has 6 nitrogen and oxygen atoms in total. The van der Waals surface area contributed by atoms with E-state index in [2.05, 4.69) is 49.4 Å². The van der Waals surface area contributed by atoms with E-state index in [0.29, 0.717) is 17.4 Å². The molecule has 5 rings (SSSR count). The van der Waals surface area contributed by atoms with Gasteiger partial charge in [0.05, 0.1) is 21.4 Å². The zero-order valence-electron chi connectivity index (χ0n) is 18.7. The first-order chi connectivity index (χ1) is 16.7. The number of nitrogens with zero attached hydrogens (tertiary/aromatic N) is 4. The Morgan fingerprint density at radius 1 is 1.03 bits per heavy atom. The molecule has 0 aliphatic carbocycles. The fourth-order valence-electron chi connectivity index (χ4n) is 4.21. The van der Waals surface area contributed by atoms with Crippen LogP contribution in [0.2, 0.25) is 0 Å². The fraction of sp³-hybridized carbons (Fsp3) is 0.320. The van der Waals surface area contributed by atoms with Crippen LogP contribution in [0.3, 0.4) is 0 Å². The van der Waals surface area contributed by atoms with Crippen molar-refractivity contribution < 1.29 is 9.18 Å². The number of fused-ring (bicyclic) bond motifs is 3. The second-order valence-corrected chi connectivity index (χ2v) is 10.3. The zero-order chi connectivity index (χ0) is 23.3. The van der Waals surface area contributed by atoms with E-state index in [9.17, 15) is 9.18 Å². The number of halogens is 1. The smallest absolute Gasteiger partial charge is 0.230 e. The van der Waals surface area contributed by atoms with E-state index in [1.165, 1.54) is 41.1 Å². The van der Waals surface area contributed by atoms with Gasteiger partial charge in [-0.1, -0.05) is 48.2 Å².